The normalized spacial score (nSPS) is 39.3. The molecule has 2 nitrogen and oxygen atoms in total. The van der Waals surface area contributed by atoms with Gasteiger partial charge in [0.2, 0.25) is 0 Å². The molecule has 0 aromatic heterocycles. The lowest BCUT2D eigenvalue weighted by Gasteiger charge is -2.44. The quantitative estimate of drug-likeness (QED) is 0.528. The number of fused-ring (bicyclic) bond motifs is 1. The second kappa shape index (κ2) is 9.52. The third kappa shape index (κ3) is 5.07. The first-order valence-corrected chi connectivity index (χ1v) is 12.2. The second-order valence-corrected chi connectivity index (χ2v) is 11.0. The molecule has 3 saturated carbocycles. The highest BCUT2D eigenvalue weighted by molar-refractivity contribution is 5.37. The molecule has 0 saturated heterocycles. The van der Waals surface area contributed by atoms with Crippen LogP contribution in [-0.2, 0) is 0 Å². The van der Waals surface area contributed by atoms with Crippen molar-refractivity contribution < 1.29 is 10.2 Å². The second-order valence-electron chi connectivity index (χ2n) is 11.0. The van der Waals surface area contributed by atoms with Gasteiger partial charge in [0.05, 0.1) is 12.2 Å². The first-order chi connectivity index (χ1) is 13.7. The Kier molecular flexibility index (Phi) is 7.49. The number of aliphatic hydroxyl groups is 2. The number of aliphatic hydroxyl groups excluding tert-OH is 2. The van der Waals surface area contributed by atoms with Gasteiger partial charge in [-0.25, -0.2) is 0 Å². The van der Waals surface area contributed by atoms with Crippen LogP contribution >= 0.6 is 0 Å². The molecule has 0 spiro atoms. The lowest BCUT2D eigenvalue weighted by Crippen LogP contribution is -2.36. The molecule has 0 aromatic rings. The lowest BCUT2D eigenvalue weighted by molar-refractivity contribution is 0.0138. The van der Waals surface area contributed by atoms with Crippen molar-refractivity contribution in [3.8, 4) is 0 Å². The van der Waals surface area contributed by atoms with Crippen LogP contribution < -0.4 is 0 Å². The van der Waals surface area contributed by atoms with E-state index in [1.165, 1.54) is 51.4 Å². The third-order valence-corrected chi connectivity index (χ3v) is 8.45. The summed E-state index contributed by atoms with van der Waals surface area (Å²) in [4.78, 5) is 0. The Labute approximate surface area is 179 Å². The summed E-state index contributed by atoms with van der Waals surface area (Å²) in [6.07, 6.45) is 15.0. The molecule has 29 heavy (non-hydrogen) atoms. The molecule has 0 aromatic carbocycles. The van der Waals surface area contributed by atoms with E-state index >= 15 is 0 Å². The molecule has 0 aliphatic heterocycles. The molecule has 2 N–H and O–H groups in total. The molecule has 6 atom stereocenters. The molecular weight excluding hydrogens is 356 g/mol. The van der Waals surface area contributed by atoms with E-state index in [-0.39, 0.29) is 0 Å². The van der Waals surface area contributed by atoms with Crippen molar-refractivity contribution >= 4 is 0 Å². The van der Waals surface area contributed by atoms with Gasteiger partial charge >= 0.3 is 0 Å². The summed E-state index contributed by atoms with van der Waals surface area (Å²) >= 11 is 0. The minimum absolute atomic E-state index is 0.457. The molecule has 2 heteroatoms. The summed E-state index contributed by atoms with van der Waals surface area (Å²) in [7, 11) is 0. The molecule has 6 unspecified atom stereocenters. The maximum Gasteiger partial charge on any atom is 0.0842 e. The van der Waals surface area contributed by atoms with E-state index in [1.807, 2.05) is 0 Å². The average Bonchev–Trinajstić information content (AvgIpc) is 3.01. The first kappa shape index (κ1) is 22.8. The van der Waals surface area contributed by atoms with Crippen molar-refractivity contribution in [1.29, 1.82) is 0 Å². The van der Waals surface area contributed by atoms with Crippen LogP contribution in [0.15, 0.2) is 35.5 Å². The van der Waals surface area contributed by atoms with Crippen LogP contribution in [0.25, 0.3) is 0 Å². The van der Waals surface area contributed by atoms with Crippen LogP contribution in [0.4, 0.5) is 0 Å². The van der Waals surface area contributed by atoms with E-state index in [0.717, 1.165) is 34.8 Å². The summed E-state index contributed by atoms with van der Waals surface area (Å²) < 4.78 is 0. The zero-order valence-electron chi connectivity index (χ0n) is 19.3. The fourth-order valence-electron chi connectivity index (χ4n) is 6.68. The highest BCUT2D eigenvalue weighted by Crippen LogP contribution is 2.59. The van der Waals surface area contributed by atoms with E-state index in [9.17, 15) is 10.2 Å². The van der Waals surface area contributed by atoms with Crippen LogP contribution in [0.2, 0.25) is 0 Å². The Bertz CT molecular complexity index is 643. The predicted molar refractivity (Wildman–Crippen MR) is 123 cm³/mol. The van der Waals surface area contributed by atoms with Crippen LogP contribution in [0.3, 0.4) is 0 Å². The van der Waals surface area contributed by atoms with E-state index in [0.29, 0.717) is 18.3 Å². The third-order valence-electron chi connectivity index (χ3n) is 8.45. The van der Waals surface area contributed by atoms with Gasteiger partial charge in [0, 0.05) is 12.8 Å². The van der Waals surface area contributed by atoms with Crippen LogP contribution in [0.1, 0.15) is 91.9 Å². The standard InChI is InChI=1S/C27H44O2/c1-18(2)8-6-9-19(3)23-13-14-24-21(10-7-15-27(23,24)5)11-12-22-17-26(29)25(28)16-20(22)4/h11-12,18-19,23-26,28-29H,4,6-10,13-17H2,1-3,5H3/b21-11+,22-12-. The highest BCUT2D eigenvalue weighted by atomic mass is 16.3. The number of hydrogen-bond donors (Lipinski definition) is 2. The van der Waals surface area contributed by atoms with Crippen LogP contribution in [0.5, 0.6) is 0 Å². The lowest BCUT2D eigenvalue weighted by atomic mass is 9.60. The maximum atomic E-state index is 10.0. The minimum Gasteiger partial charge on any atom is -0.390 e. The molecule has 3 rings (SSSR count). The van der Waals surface area contributed by atoms with Crippen molar-refractivity contribution in [3.05, 3.63) is 35.5 Å². The van der Waals surface area contributed by atoms with Gasteiger partial charge in [-0.2, -0.15) is 0 Å². The Morgan fingerprint density at radius 2 is 1.79 bits per heavy atom. The predicted octanol–water partition coefficient (Wildman–Crippen LogP) is 6.59. The van der Waals surface area contributed by atoms with Crippen LogP contribution in [0, 0.1) is 29.1 Å². The number of rotatable bonds is 6. The smallest absolute Gasteiger partial charge is 0.0842 e. The van der Waals surface area contributed by atoms with Crippen molar-refractivity contribution in [2.45, 2.75) is 104 Å². The summed E-state index contributed by atoms with van der Waals surface area (Å²) in [5.41, 5.74) is 4.19. The number of hydrogen-bond acceptors (Lipinski definition) is 2. The average molecular weight is 401 g/mol. The van der Waals surface area contributed by atoms with Crippen molar-refractivity contribution in [2.75, 3.05) is 0 Å². The van der Waals surface area contributed by atoms with Crippen molar-refractivity contribution in [3.63, 3.8) is 0 Å². The first-order valence-electron chi connectivity index (χ1n) is 12.2. The summed E-state index contributed by atoms with van der Waals surface area (Å²) in [6, 6.07) is 0. The van der Waals surface area contributed by atoms with Gasteiger partial charge in [0.1, 0.15) is 0 Å². The molecule has 0 radical (unpaired) electrons. The van der Waals surface area contributed by atoms with Gasteiger partial charge in [-0.3, -0.25) is 0 Å². The summed E-state index contributed by atoms with van der Waals surface area (Å²) in [5, 5.41) is 19.9. The zero-order chi connectivity index (χ0) is 21.2. The highest BCUT2D eigenvalue weighted by Gasteiger charge is 2.50. The maximum absolute atomic E-state index is 10.0. The van der Waals surface area contributed by atoms with Crippen LogP contribution in [-0.4, -0.2) is 22.4 Å². The zero-order valence-corrected chi connectivity index (χ0v) is 19.3. The minimum atomic E-state index is -0.655. The molecule has 164 valence electrons. The molecule has 3 fully saturated rings. The van der Waals surface area contributed by atoms with Gasteiger partial charge in [-0.15, -0.1) is 0 Å². The SMILES string of the molecule is C=C1CC(O)C(O)C/C1=C/C=C1\CCCC2(C)C1CCC2C(C)CCCC(C)C. The van der Waals surface area contributed by atoms with Crippen molar-refractivity contribution in [1.82, 2.24) is 0 Å². The van der Waals surface area contributed by atoms with Gasteiger partial charge in [-0.05, 0) is 72.3 Å². The van der Waals surface area contributed by atoms with Gasteiger partial charge in [0.15, 0.2) is 0 Å². The van der Waals surface area contributed by atoms with E-state index in [4.69, 9.17) is 0 Å². The summed E-state index contributed by atoms with van der Waals surface area (Å²) in [6.45, 7) is 13.9. The monoisotopic (exact) mass is 400 g/mol. The van der Waals surface area contributed by atoms with Gasteiger partial charge < -0.3 is 10.2 Å². The Hall–Kier alpha value is -0.860. The molecule has 0 bridgehead atoms. The fourth-order valence-corrected chi connectivity index (χ4v) is 6.68. The van der Waals surface area contributed by atoms with Crippen molar-refractivity contribution in [2.24, 2.45) is 29.1 Å². The van der Waals surface area contributed by atoms with E-state index in [2.05, 4.69) is 46.4 Å². The molecule has 3 aliphatic rings. The number of allylic oxidation sites excluding steroid dienone is 3. The molecule has 3 aliphatic carbocycles. The van der Waals surface area contributed by atoms with E-state index in [1.54, 1.807) is 5.57 Å². The van der Waals surface area contributed by atoms with Gasteiger partial charge in [0.25, 0.3) is 0 Å². The molecular formula is C27H44O2. The van der Waals surface area contributed by atoms with E-state index < -0.39 is 12.2 Å². The Morgan fingerprint density at radius 1 is 1.07 bits per heavy atom. The fraction of sp³-hybridized carbons (Fsp3) is 0.778. The summed E-state index contributed by atoms with van der Waals surface area (Å²) in [5.74, 6) is 3.23. The topological polar surface area (TPSA) is 40.5 Å². The van der Waals surface area contributed by atoms with Gasteiger partial charge in [-0.1, -0.05) is 71.3 Å². The molecule has 0 heterocycles. The molecule has 0 amide bonds. The Morgan fingerprint density at radius 3 is 2.52 bits per heavy atom. The Balaban J connectivity index is 1.70. The largest absolute Gasteiger partial charge is 0.390 e.